The Balaban J connectivity index is 1.91. The van der Waals surface area contributed by atoms with E-state index < -0.39 is 0 Å². The number of rotatable bonds is 2. The monoisotopic (exact) mass is 271 g/mol. The first-order valence-corrected chi connectivity index (χ1v) is 7.19. The summed E-state index contributed by atoms with van der Waals surface area (Å²) < 4.78 is 0. The maximum absolute atomic E-state index is 6.35. The lowest BCUT2D eigenvalue weighted by Gasteiger charge is -2.31. The van der Waals surface area contributed by atoms with Crippen molar-refractivity contribution in [2.45, 2.75) is 31.2 Å². The summed E-state index contributed by atoms with van der Waals surface area (Å²) in [5, 5.41) is 0.801. The van der Waals surface area contributed by atoms with E-state index in [0.29, 0.717) is 5.92 Å². The van der Waals surface area contributed by atoms with Gasteiger partial charge in [-0.15, -0.1) is 0 Å². The SMILES string of the molecule is NC1CCc2ccccc2C1Cc1cccc(Cl)c1. The minimum atomic E-state index is 0.244. The Morgan fingerprint density at radius 1 is 1.11 bits per heavy atom. The van der Waals surface area contributed by atoms with Gasteiger partial charge in [0, 0.05) is 17.0 Å². The number of hydrogen-bond acceptors (Lipinski definition) is 1. The van der Waals surface area contributed by atoms with Crippen molar-refractivity contribution in [3.63, 3.8) is 0 Å². The maximum Gasteiger partial charge on any atom is 0.0408 e. The summed E-state index contributed by atoms with van der Waals surface area (Å²) in [6.07, 6.45) is 3.14. The molecule has 0 radical (unpaired) electrons. The van der Waals surface area contributed by atoms with E-state index in [1.165, 1.54) is 16.7 Å². The molecular formula is C17H18ClN. The topological polar surface area (TPSA) is 26.0 Å². The van der Waals surface area contributed by atoms with Crippen LogP contribution >= 0.6 is 11.6 Å². The highest BCUT2D eigenvalue weighted by Crippen LogP contribution is 2.33. The smallest absolute Gasteiger partial charge is 0.0408 e. The lowest BCUT2D eigenvalue weighted by atomic mass is 9.77. The molecule has 0 saturated carbocycles. The summed E-state index contributed by atoms with van der Waals surface area (Å²) in [6.45, 7) is 0. The van der Waals surface area contributed by atoms with Gasteiger partial charge in [0.05, 0.1) is 0 Å². The van der Waals surface area contributed by atoms with Crippen LogP contribution in [0.2, 0.25) is 5.02 Å². The van der Waals surface area contributed by atoms with Gasteiger partial charge in [0.25, 0.3) is 0 Å². The second kappa shape index (κ2) is 5.36. The van der Waals surface area contributed by atoms with Crippen molar-refractivity contribution in [1.29, 1.82) is 0 Å². The Labute approximate surface area is 119 Å². The van der Waals surface area contributed by atoms with Gasteiger partial charge in [0.2, 0.25) is 0 Å². The molecule has 0 spiro atoms. The van der Waals surface area contributed by atoms with E-state index >= 15 is 0 Å². The molecule has 1 aliphatic rings. The molecule has 0 bridgehead atoms. The van der Waals surface area contributed by atoms with E-state index in [0.717, 1.165) is 24.3 Å². The molecule has 2 N–H and O–H groups in total. The normalized spacial score (nSPS) is 22.0. The van der Waals surface area contributed by atoms with Crippen LogP contribution in [0.5, 0.6) is 0 Å². The Morgan fingerprint density at radius 3 is 2.79 bits per heavy atom. The minimum Gasteiger partial charge on any atom is -0.327 e. The van der Waals surface area contributed by atoms with Gasteiger partial charge >= 0.3 is 0 Å². The van der Waals surface area contributed by atoms with Crippen LogP contribution in [-0.2, 0) is 12.8 Å². The summed E-state index contributed by atoms with van der Waals surface area (Å²) in [6, 6.07) is 17.0. The number of hydrogen-bond donors (Lipinski definition) is 1. The fourth-order valence-electron chi connectivity index (χ4n) is 3.06. The van der Waals surface area contributed by atoms with Crippen molar-refractivity contribution in [2.24, 2.45) is 5.73 Å². The fraction of sp³-hybridized carbons (Fsp3) is 0.294. The zero-order valence-corrected chi connectivity index (χ0v) is 11.6. The van der Waals surface area contributed by atoms with Crippen molar-refractivity contribution in [3.05, 3.63) is 70.2 Å². The Morgan fingerprint density at radius 2 is 1.95 bits per heavy atom. The highest BCUT2D eigenvalue weighted by molar-refractivity contribution is 6.30. The van der Waals surface area contributed by atoms with Crippen LogP contribution in [0.1, 0.15) is 29.0 Å². The highest BCUT2D eigenvalue weighted by Gasteiger charge is 2.26. The van der Waals surface area contributed by atoms with Crippen LogP contribution in [0.25, 0.3) is 0 Å². The molecule has 2 unspecified atom stereocenters. The second-order valence-electron chi connectivity index (χ2n) is 5.34. The highest BCUT2D eigenvalue weighted by atomic mass is 35.5. The van der Waals surface area contributed by atoms with Crippen LogP contribution in [0.3, 0.4) is 0 Å². The van der Waals surface area contributed by atoms with E-state index in [4.69, 9.17) is 17.3 Å². The lowest BCUT2D eigenvalue weighted by Crippen LogP contribution is -2.34. The van der Waals surface area contributed by atoms with Gasteiger partial charge in [-0.05, 0) is 48.1 Å². The van der Waals surface area contributed by atoms with Gasteiger partial charge in [-0.3, -0.25) is 0 Å². The summed E-state index contributed by atoms with van der Waals surface area (Å²) in [4.78, 5) is 0. The molecule has 0 aromatic heterocycles. The first-order valence-electron chi connectivity index (χ1n) is 6.82. The van der Waals surface area contributed by atoms with Crippen molar-refractivity contribution < 1.29 is 0 Å². The molecule has 2 aromatic carbocycles. The average Bonchev–Trinajstić information content (AvgIpc) is 2.42. The quantitative estimate of drug-likeness (QED) is 0.880. The average molecular weight is 272 g/mol. The lowest BCUT2D eigenvalue weighted by molar-refractivity contribution is 0.467. The predicted octanol–water partition coefficient (Wildman–Crippen LogP) is 3.94. The summed E-state index contributed by atoms with van der Waals surface area (Å²) in [7, 11) is 0. The first-order chi connectivity index (χ1) is 9.24. The molecule has 98 valence electrons. The Hall–Kier alpha value is -1.31. The number of aryl methyl sites for hydroxylation is 1. The zero-order chi connectivity index (χ0) is 13.2. The minimum absolute atomic E-state index is 0.244. The van der Waals surface area contributed by atoms with E-state index in [1.54, 1.807) is 0 Å². The Kier molecular flexibility index (Phi) is 3.58. The molecule has 0 amide bonds. The van der Waals surface area contributed by atoms with Gasteiger partial charge in [-0.25, -0.2) is 0 Å². The van der Waals surface area contributed by atoms with Crippen molar-refractivity contribution in [3.8, 4) is 0 Å². The summed E-state index contributed by atoms with van der Waals surface area (Å²) in [5.74, 6) is 0.406. The molecule has 2 heteroatoms. The van der Waals surface area contributed by atoms with Crippen LogP contribution in [0, 0.1) is 0 Å². The predicted molar refractivity (Wildman–Crippen MR) is 80.6 cm³/mol. The van der Waals surface area contributed by atoms with E-state index in [-0.39, 0.29) is 6.04 Å². The first kappa shape index (κ1) is 12.7. The van der Waals surface area contributed by atoms with Crippen molar-refractivity contribution in [2.75, 3.05) is 0 Å². The van der Waals surface area contributed by atoms with E-state index in [2.05, 4.69) is 30.3 Å². The van der Waals surface area contributed by atoms with Gasteiger partial charge < -0.3 is 5.73 Å². The van der Waals surface area contributed by atoms with E-state index in [1.807, 2.05) is 18.2 Å². The largest absolute Gasteiger partial charge is 0.327 e. The van der Waals surface area contributed by atoms with Gasteiger partial charge in [0.1, 0.15) is 0 Å². The summed E-state index contributed by atoms with van der Waals surface area (Å²) in [5.41, 5.74) is 10.5. The van der Waals surface area contributed by atoms with Crippen LogP contribution in [-0.4, -0.2) is 6.04 Å². The Bertz CT molecular complexity index is 579. The number of halogens is 1. The van der Waals surface area contributed by atoms with Crippen LogP contribution in [0.15, 0.2) is 48.5 Å². The molecule has 0 fully saturated rings. The standard InChI is InChI=1S/C17H18ClN/c18-14-6-3-4-12(10-14)11-16-15-7-2-1-5-13(15)8-9-17(16)19/h1-7,10,16-17H,8-9,11,19H2. The molecule has 1 nitrogen and oxygen atoms in total. The van der Waals surface area contributed by atoms with Crippen molar-refractivity contribution in [1.82, 2.24) is 0 Å². The summed E-state index contributed by atoms with van der Waals surface area (Å²) >= 11 is 6.07. The van der Waals surface area contributed by atoms with Gasteiger partial charge in [-0.2, -0.15) is 0 Å². The van der Waals surface area contributed by atoms with Crippen molar-refractivity contribution >= 4 is 11.6 Å². The molecule has 19 heavy (non-hydrogen) atoms. The molecule has 0 heterocycles. The van der Waals surface area contributed by atoms with Crippen LogP contribution in [0.4, 0.5) is 0 Å². The molecule has 1 aliphatic carbocycles. The fourth-order valence-corrected chi connectivity index (χ4v) is 3.27. The molecular weight excluding hydrogens is 254 g/mol. The molecule has 2 atom stereocenters. The maximum atomic E-state index is 6.35. The number of nitrogens with two attached hydrogens (primary N) is 1. The molecule has 3 rings (SSSR count). The zero-order valence-electron chi connectivity index (χ0n) is 10.9. The third-order valence-electron chi connectivity index (χ3n) is 4.06. The van der Waals surface area contributed by atoms with E-state index in [9.17, 15) is 0 Å². The second-order valence-corrected chi connectivity index (χ2v) is 5.78. The van der Waals surface area contributed by atoms with Gasteiger partial charge in [-0.1, -0.05) is 48.0 Å². The molecule has 0 aliphatic heterocycles. The third-order valence-corrected chi connectivity index (χ3v) is 4.30. The number of fused-ring (bicyclic) bond motifs is 1. The third kappa shape index (κ3) is 2.68. The van der Waals surface area contributed by atoms with Crippen LogP contribution < -0.4 is 5.73 Å². The molecule has 2 aromatic rings. The number of benzene rings is 2. The van der Waals surface area contributed by atoms with Gasteiger partial charge in [0.15, 0.2) is 0 Å². The molecule has 0 saturated heterocycles.